The van der Waals surface area contributed by atoms with E-state index in [4.69, 9.17) is 9.47 Å². The lowest BCUT2D eigenvalue weighted by Crippen LogP contribution is -2.24. The van der Waals surface area contributed by atoms with E-state index in [0.717, 1.165) is 47.9 Å². The highest BCUT2D eigenvalue weighted by atomic mass is 32.1. The summed E-state index contributed by atoms with van der Waals surface area (Å²) in [7, 11) is 3.28. The summed E-state index contributed by atoms with van der Waals surface area (Å²) in [5.41, 5.74) is 3.05. The number of benzene rings is 2. The monoisotopic (exact) mass is 395 g/mol. The van der Waals surface area contributed by atoms with Gasteiger partial charge in [-0.3, -0.25) is 4.79 Å². The number of thiophene rings is 1. The maximum absolute atomic E-state index is 12.7. The van der Waals surface area contributed by atoms with Gasteiger partial charge in [0.05, 0.1) is 19.9 Å². The van der Waals surface area contributed by atoms with Crippen molar-refractivity contribution in [3.8, 4) is 22.6 Å². The third-order valence-corrected chi connectivity index (χ3v) is 6.49. The quantitative estimate of drug-likeness (QED) is 0.567. The first-order valence-electron chi connectivity index (χ1n) is 9.74. The SMILES string of the molecule is COc1ccc(-c2ccc3scc(NC(=O)C4CCCCC4)c3c2)cc1OC. The van der Waals surface area contributed by atoms with Crippen LogP contribution in [0.15, 0.2) is 41.8 Å². The number of carbonyl (C=O) groups is 1. The lowest BCUT2D eigenvalue weighted by atomic mass is 9.88. The van der Waals surface area contributed by atoms with Crippen molar-refractivity contribution < 1.29 is 14.3 Å². The van der Waals surface area contributed by atoms with Crippen LogP contribution < -0.4 is 14.8 Å². The van der Waals surface area contributed by atoms with E-state index in [2.05, 4.69) is 23.5 Å². The van der Waals surface area contributed by atoms with Gasteiger partial charge in [-0.15, -0.1) is 11.3 Å². The molecule has 1 N–H and O–H groups in total. The summed E-state index contributed by atoms with van der Waals surface area (Å²) in [6, 6.07) is 12.3. The number of ether oxygens (including phenoxy) is 2. The van der Waals surface area contributed by atoms with E-state index in [1.54, 1.807) is 25.6 Å². The van der Waals surface area contributed by atoms with Crippen molar-refractivity contribution in [2.45, 2.75) is 32.1 Å². The maximum atomic E-state index is 12.7. The van der Waals surface area contributed by atoms with E-state index in [1.165, 1.54) is 11.1 Å². The Morgan fingerprint density at radius 3 is 2.43 bits per heavy atom. The van der Waals surface area contributed by atoms with Gasteiger partial charge in [0.25, 0.3) is 0 Å². The highest BCUT2D eigenvalue weighted by Gasteiger charge is 2.22. The Labute approximate surface area is 169 Å². The van der Waals surface area contributed by atoms with Crippen molar-refractivity contribution >= 4 is 33.0 Å². The largest absolute Gasteiger partial charge is 0.493 e. The van der Waals surface area contributed by atoms with E-state index >= 15 is 0 Å². The molecule has 1 heterocycles. The second-order valence-corrected chi connectivity index (χ2v) is 8.17. The first-order chi connectivity index (χ1) is 13.7. The molecule has 1 aliphatic carbocycles. The number of rotatable bonds is 5. The summed E-state index contributed by atoms with van der Waals surface area (Å²) in [6.45, 7) is 0. The predicted molar refractivity (Wildman–Crippen MR) is 116 cm³/mol. The predicted octanol–water partition coefficient (Wildman–Crippen LogP) is 6.10. The zero-order chi connectivity index (χ0) is 19.5. The molecular weight excluding hydrogens is 370 g/mol. The first-order valence-corrected chi connectivity index (χ1v) is 10.6. The van der Waals surface area contributed by atoms with Gasteiger partial charge in [0.2, 0.25) is 5.91 Å². The fourth-order valence-corrected chi connectivity index (χ4v) is 4.79. The van der Waals surface area contributed by atoms with Crippen LogP contribution in [-0.2, 0) is 4.79 Å². The fourth-order valence-electron chi connectivity index (χ4n) is 3.92. The van der Waals surface area contributed by atoms with Crippen LogP contribution in [0.4, 0.5) is 5.69 Å². The zero-order valence-electron chi connectivity index (χ0n) is 16.3. The number of amides is 1. The summed E-state index contributed by atoms with van der Waals surface area (Å²) in [5.74, 6) is 1.73. The molecule has 28 heavy (non-hydrogen) atoms. The second kappa shape index (κ2) is 8.23. The maximum Gasteiger partial charge on any atom is 0.227 e. The summed E-state index contributed by atoms with van der Waals surface area (Å²) in [4.78, 5) is 12.7. The van der Waals surface area contributed by atoms with Gasteiger partial charge >= 0.3 is 0 Å². The Kier molecular flexibility index (Phi) is 5.53. The standard InChI is InChI=1S/C23H25NO3S/c1-26-20-10-8-17(13-21(20)27-2)16-9-11-22-18(12-16)19(14-28-22)24-23(25)15-6-4-3-5-7-15/h8-15H,3-7H2,1-2H3,(H,24,25). The molecule has 1 amide bonds. The van der Waals surface area contributed by atoms with Crippen LogP contribution in [-0.4, -0.2) is 20.1 Å². The van der Waals surface area contributed by atoms with Crippen molar-refractivity contribution in [2.75, 3.05) is 19.5 Å². The zero-order valence-corrected chi connectivity index (χ0v) is 17.1. The number of nitrogens with one attached hydrogen (secondary N) is 1. The molecule has 1 aliphatic rings. The smallest absolute Gasteiger partial charge is 0.227 e. The topological polar surface area (TPSA) is 47.6 Å². The molecule has 146 valence electrons. The van der Waals surface area contributed by atoms with Crippen LogP contribution in [0.1, 0.15) is 32.1 Å². The number of fused-ring (bicyclic) bond motifs is 1. The minimum Gasteiger partial charge on any atom is -0.493 e. The molecule has 0 atom stereocenters. The normalized spacial score (nSPS) is 14.8. The van der Waals surface area contributed by atoms with Gasteiger partial charge in [-0.1, -0.05) is 31.4 Å². The number of hydrogen-bond donors (Lipinski definition) is 1. The third-order valence-electron chi connectivity index (χ3n) is 5.52. The Balaban J connectivity index is 1.63. The summed E-state index contributed by atoms with van der Waals surface area (Å²) < 4.78 is 11.9. The lowest BCUT2D eigenvalue weighted by molar-refractivity contribution is -0.120. The Morgan fingerprint density at radius 2 is 1.68 bits per heavy atom. The third kappa shape index (κ3) is 3.72. The van der Waals surface area contributed by atoms with Crippen molar-refractivity contribution in [3.63, 3.8) is 0 Å². The van der Waals surface area contributed by atoms with Gasteiger partial charge in [0, 0.05) is 21.4 Å². The van der Waals surface area contributed by atoms with Gasteiger partial charge in [0.15, 0.2) is 11.5 Å². The van der Waals surface area contributed by atoms with Crippen LogP contribution in [0, 0.1) is 5.92 Å². The van der Waals surface area contributed by atoms with Crippen LogP contribution in [0.5, 0.6) is 11.5 Å². The highest BCUT2D eigenvalue weighted by molar-refractivity contribution is 7.17. The summed E-state index contributed by atoms with van der Waals surface area (Å²) in [6.07, 6.45) is 5.58. The van der Waals surface area contributed by atoms with Crippen LogP contribution in [0.25, 0.3) is 21.2 Å². The van der Waals surface area contributed by atoms with Crippen LogP contribution in [0.2, 0.25) is 0 Å². The van der Waals surface area contributed by atoms with E-state index < -0.39 is 0 Å². The molecule has 0 saturated heterocycles. The van der Waals surface area contributed by atoms with E-state index in [1.807, 2.05) is 23.6 Å². The number of methoxy groups -OCH3 is 2. The van der Waals surface area contributed by atoms with Crippen LogP contribution in [0.3, 0.4) is 0 Å². The molecule has 1 saturated carbocycles. The van der Waals surface area contributed by atoms with Crippen LogP contribution >= 0.6 is 11.3 Å². The van der Waals surface area contributed by atoms with E-state index in [-0.39, 0.29) is 11.8 Å². The average Bonchev–Trinajstić information content (AvgIpc) is 3.15. The van der Waals surface area contributed by atoms with Gasteiger partial charge in [-0.2, -0.15) is 0 Å². The lowest BCUT2D eigenvalue weighted by Gasteiger charge is -2.20. The number of hydrogen-bond acceptors (Lipinski definition) is 4. The van der Waals surface area contributed by atoms with Gasteiger partial charge in [0.1, 0.15) is 0 Å². The van der Waals surface area contributed by atoms with E-state index in [9.17, 15) is 4.79 Å². The van der Waals surface area contributed by atoms with Crippen molar-refractivity contribution in [3.05, 3.63) is 41.8 Å². The van der Waals surface area contributed by atoms with Crippen molar-refractivity contribution in [2.24, 2.45) is 5.92 Å². The Hall–Kier alpha value is -2.53. The molecular formula is C23H25NO3S. The first kappa shape index (κ1) is 18.8. The molecule has 0 aliphatic heterocycles. The van der Waals surface area contributed by atoms with Gasteiger partial charge in [-0.25, -0.2) is 0 Å². The molecule has 3 aromatic rings. The molecule has 0 spiro atoms. The summed E-state index contributed by atoms with van der Waals surface area (Å²) >= 11 is 1.66. The van der Waals surface area contributed by atoms with E-state index in [0.29, 0.717) is 11.5 Å². The Morgan fingerprint density at radius 1 is 0.964 bits per heavy atom. The molecule has 0 radical (unpaired) electrons. The average molecular weight is 396 g/mol. The van der Waals surface area contributed by atoms with Crippen molar-refractivity contribution in [1.29, 1.82) is 0 Å². The second-order valence-electron chi connectivity index (χ2n) is 7.25. The minimum atomic E-state index is 0.151. The van der Waals surface area contributed by atoms with Crippen molar-refractivity contribution in [1.82, 2.24) is 0 Å². The molecule has 2 aromatic carbocycles. The molecule has 1 fully saturated rings. The van der Waals surface area contributed by atoms with Gasteiger partial charge in [-0.05, 0) is 48.2 Å². The molecule has 1 aromatic heterocycles. The highest BCUT2D eigenvalue weighted by Crippen LogP contribution is 2.37. The molecule has 0 unspecified atom stereocenters. The molecule has 5 heteroatoms. The Bertz CT molecular complexity index is 989. The fraction of sp³-hybridized carbons (Fsp3) is 0.348. The molecule has 0 bridgehead atoms. The molecule has 4 rings (SSSR count). The molecule has 4 nitrogen and oxygen atoms in total. The van der Waals surface area contributed by atoms with Gasteiger partial charge < -0.3 is 14.8 Å². The summed E-state index contributed by atoms with van der Waals surface area (Å²) in [5, 5.41) is 6.31. The number of carbonyl (C=O) groups excluding carboxylic acids is 1. The number of anilines is 1. The minimum absolute atomic E-state index is 0.151.